The number of hydrogen-bond donors (Lipinski definition) is 2. The lowest BCUT2D eigenvalue weighted by molar-refractivity contribution is -0.0499. The third kappa shape index (κ3) is 4.04. The van der Waals surface area contributed by atoms with Crippen molar-refractivity contribution in [1.29, 1.82) is 0 Å². The number of fused-ring (bicyclic) bond motifs is 1. The third-order valence-corrected chi connectivity index (χ3v) is 4.37. The van der Waals surface area contributed by atoms with Crippen LogP contribution in [0, 0.1) is 0 Å². The number of carboxylic acid groups (broad SMARTS) is 1. The summed E-state index contributed by atoms with van der Waals surface area (Å²) in [5.41, 5.74) is 2.73. The van der Waals surface area contributed by atoms with Gasteiger partial charge >= 0.3 is 12.6 Å². The van der Waals surface area contributed by atoms with Gasteiger partial charge in [0.1, 0.15) is 5.75 Å². The van der Waals surface area contributed by atoms with Crippen molar-refractivity contribution >= 4 is 11.7 Å². The van der Waals surface area contributed by atoms with E-state index in [-0.39, 0.29) is 17.2 Å². The number of benzene rings is 1. The van der Waals surface area contributed by atoms with E-state index in [9.17, 15) is 18.7 Å². The van der Waals surface area contributed by atoms with Crippen LogP contribution < -0.4 is 10.1 Å². The second kappa shape index (κ2) is 7.46. The van der Waals surface area contributed by atoms with E-state index < -0.39 is 12.6 Å². The number of aromatic carboxylic acids is 1. The lowest BCUT2D eigenvalue weighted by Gasteiger charge is -2.26. The van der Waals surface area contributed by atoms with Crippen LogP contribution in [-0.2, 0) is 6.42 Å². The Morgan fingerprint density at radius 3 is 3.00 bits per heavy atom. The summed E-state index contributed by atoms with van der Waals surface area (Å²) in [6.07, 6.45) is 5.63. The number of hydrogen-bond acceptors (Lipinski definition) is 4. The van der Waals surface area contributed by atoms with Crippen LogP contribution in [0.25, 0.3) is 0 Å². The molecule has 0 spiro atoms. The lowest BCUT2D eigenvalue weighted by atomic mass is 9.82. The summed E-state index contributed by atoms with van der Waals surface area (Å²) >= 11 is 0. The highest BCUT2D eigenvalue weighted by molar-refractivity contribution is 5.93. The fraction of sp³-hybridized carbons (Fsp3) is 0.333. The molecular formula is C18H18F2N2O3. The Bertz CT molecular complexity index is 768. The van der Waals surface area contributed by atoms with E-state index >= 15 is 0 Å². The van der Waals surface area contributed by atoms with E-state index in [1.807, 2.05) is 6.07 Å². The van der Waals surface area contributed by atoms with Gasteiger partial charge in [-0.1, -0.05) is 6.07 Å². The first-order chi connectivity index (χ1) is 12.0. The maximum Gasteiger partial charge on any atom is 0.387 e. The van der Waals surface area contributed by atoms with Crippen LogP contribution >= 0.6 is 0 Å². The molecule has 0 saturated heterocycles. The molecule has 1 heterocycles. The van der Waals surface area contributed by atoms with Gasteiger partial charge in [-0.3, -0.25) is 4.98 Å². The summed E-state index contributed by atoms with van der Waals surface area (Å²) in [6.45, 7) is -2.28. The van der Waals surface area contributed by atoms with Crippen LogP contribution in [0.5, 0.6) is 5.75 Å². The minimum Gasteiger partial charge on any atom is -0.478 e. The number of anilines is 1. The Labute approximate surface area is 143 Å². The molecule has 0 aliphatic heterocycles. The van der Waals surface area contributed by atoms with Gasteiger partial charge in [0, 0.05) is 18.7 Å². The summed E-state index contributed by atoms with van der Waals surface area (Å²) in [5.74, 6) is -0.670. The van der Waals surface area contributed by atoms with Crippen molar-refractivity contribution in [2.24, 2.45) is 0 Å². The molecular weight excluding hydrogens is 330 g/mol. The summed E-state index contributed by atoms with van der Waals surface area (Å²) in [5, 5.41) is 12.4. The molecule has 2 N–H and O–H groups in total. The molecule has 1 aliphatic rings. The monoisotopic (exact) mass is 348 g/mol. The highest BCUT2D eigenvalue weighted by atomic mass is 19.3. The van der Waals surface area contributed by atoms with Crippen molar-refractivity contribution in [3.8, 4) is 5.75 Å². The number of nitrogens with one attached hydrogen (secondary N) is 1. The summed E-state index contributed by atoms with van der Waals surface area (Å²) in [4.78, 5) is 15.2. The molecule has 25 heavy (non-hydrogen) atoms. The molecule has 2 aromatic rings. The molecule has 1 atom stereocenters. The first kappa shape index (κ1) is 17.1. The SMILES string of the molecule is O=C(O)c1ccncc1NCC1CCCc2cc(OC(F)F)ccc21. The van der Waals surface area contributed by atoms with E-state index in [1.54, 1.807) is 12.1 Å². The van der Waals surface area contributed by atoms with Crippen LogP contribution in [-0.4, -0.2) is 29.2 Å². The Balaban J connectivity index is 1.75. The fourth-order valence-electron chi connectivity index (χ4n) is 3.23. The second-order valence-corrected chi connectivity index (χ2v) is 5.94. The van der Waals surface area contributed by atoms with Crippen molar-refractivity contribution in [3.63, 3.8) is 0 Å². The number of ether oxygens (including phenoxy) is 1. The fourth-order valence-corrected chi connectivity index (χ4v) is 3.23. The van der Waals surface area contributed by atoms with Crippen LogP contribution in [0.15, 0.2) is 36.7 Å². The highest BCUT2D eigenvalue weighted by Gasteiger charge is 2.22. The molecule has 1 aromatic carbocycles. The normalized spacial score (nSPS) is 16.4. The molecule has 1 aliphatic carbocycles. The quantitative estimate of drug-likeness (QED) is 0.828. The maximum atomic E-state index is 12.4. The summed E-state index contributed by atoms with van der Waals surface area (Å²) in [7, 11) is 0. The van der Waals surface area contributed by atoms with E-state index in [2.05, 4.69) is 15.0 Å². The predicted molar refractivity (Wildman–Crippen MR) is 88.4 cm³/mol. The molecule has 5 nitrogen and oxygen atoms in total. The van der Waals surface area contributed by atoms with Crippen LogP contribution in [0.1, 0.15) is 40.2 Å². The largest absolute Gasteiger partial charge is 0.478 e. The van der Waals surface area contributed by atoms with E-state index in [4.69, 9.17) is 0 Å². The Morgan fingerprint density at radius 2 is 2.24 bits per heavy atom. The topological polar surface area (TPSA) is 71.5 Å². The Hall–Kier alpha value is -2.70. The molecule has 0 bridgehead atoms. The highest BCUT2D eigenvalue weighted by Crippen LogP contribution is 2.34. The van der Waals surface area contributed by atoms with Crippen LogP contribution in [0.4, 0.5) is 14.5 Å². The molecule has 0 saturated carbocycles. The minimum atomic E-state index is -2.83. The van der Waals surface area contributed by atoms with Crippen molar-refractivity contribution in [1.82, 2.24) is 4.98 Å². The lowest BCUT2D eigenvalue weighted by Crippen LogP contribution is -2.19. The molecule has 0 amide bonds. The van der Waals surface area contributed by atoms with E-state index in [1.165, 1.54) is 18.5 Å². The molecule has 1 unspecified atom stereocenters. The predicted octanol–water partition coefficient (Wildman–Crippen LogP) is 3.91. The Morgan fingerprint density at radius 1 is 1.40 bits per heavy atom. The number of pyridine rings is 1. The molecule has 7 heteroatoms. The van der Waals surface area contributed by atoms with Gasteiger partial charge in [-0.25, -0.2) is 4.79 Å². The van der Waals surface area contributed by atoms with Crippen molar-refractivity contribution in [2.75, 3.05) is 11.9 Å². The van der Waals surface area contributed by atoms with Crippen molar-refractivity contribution < 1.29 is 23.4 Å². The zero-order valence-electron chi connectivity index (χ0n) is 13.4. The third-order valence-electron chi connectivity index (χ3n) is 4.37. The molecule has 132 valence electrons. The van der Waals surface area contributed by atoms with E-state index in [0.717, 1.165) is 30.4 Å². The molecule has 1 aromatic heterocycles. The van der Waals surface area contributed by atoms with Crippen molar-refractivity contribution in [3.05, 3.63) is 53.3 Å². The van der Waals surface area contributed by atoms with Gasteiger partial charge in [0.15, 0.2) is 0 Å². The molecule has 0 radical (unpaired) electrons. The van der Waals surface area contributed by atoms with Gasteiger partial charge in [-0.2, -0.15) is 8.78 Å². The number of aromatic nitrogens is 1. The smallest absolute Gasteiger partial charge is 0.387 e. The van der Waals surface area contributed by atoms with Gasteiger partial charge in [0.05, 0.1) is 17.4 Å². The number of nitrogens with zero attached hydrogens (tertiary/aromatic N) is 1. The summed E-state index contributed by atoms with van der Waals surface area (Å²) < 4.78 is 29.2. The second-order valence-electron chi connectivity index (χ2n) is 5.94. The van der Waals surface area contributed by atoms with Gasteiger partial charge in [-0.15, -0.1) is 0 Å². The van der Waals surface area contributed by atoms with Crippen LogP contribution in [0.3, 0.4) is 0 Å². The average molecular weight is 348 g/mol. The molecule has 3 rings (SSSR count). The number of alkyl halides is 2. The van der Waals surface area contributed by atoms with Crippen molar-refractivity contribution in [2.45, 2.75) is 31.8 Å². The first-order valence-electron chi connectivity index (χ1n) is 8.03. The number of carboxylic acids is 1. The average Bonchev–Trinajstić information content (AvgIpc) is 2.59. The minimum absolute atomic E-state index is 0.169. The number of halogens is 2. The number of rotatable bonds is 6. The van der Waals surface area contributed by atoms with Crippen LogP contribution in [0.2, 0.25) is 0 Å². The number of aryl methyl sites for hydroxylation is 1. The van der Waals surface area contributed by atoms with Gasteiger partial charge in [-0.05, 0) is 48.6 Å². The van der Waals surface area contributed by atoms with Gasteiger partial charge < -0.3 is 15.2 Å². The maximum absolute atomic E-state index is 12.4. The van der Waals surface area contributed by atoms with Gasteiger partial charge in [0.25, 0.3) is 0 Å². The first-order valence-corrected chi connectivity index (χ1v) is 8.03. The Kier molecular flexibility index (Phi) is 5.11. The van der Waals surface area contributed by atoms with Gasteiger partial charge in [0.2, 0.25) is 0 Å². The van der Waals surface area contributed by atoms with E-state index in [0.29, 0.717) is 12.2 Å². The zero-order chi connectivity index (χ0) is 17.8. The standard InChI is InChI=1S/C18H18F2N2O3/c19-18(20)25-13-4-5-14-11(8-13)2-1-3-12(14)9-22-16-10-21-7-6-15(16)17(23)24/h4-8,10,12,18,22H,1-3,9H2,(H,23,24). The summed E-state index contributed by atoms with van der Waals surface area (Å²) in [6, 6.07) is 6.49. The molecule has 0 fully saturated rings. The zero-order valence-corrected chi connectivity index (χ0v) is 13.4. The number of carbonyl (C=O) groups is 1.